The van der Waals surface area contributed by atoms with E-state index < -0.39 is 5.60 Å². The van der Waals surface area contributed by atoms with E-state index in [0.29, 0.717) is 29.5 Å². The predicted molar refractivity (Wildman–Crippen MR) is 139 cm³/mol. The number of ether oxygens (including phenoxy) is 2. The fourth-order valence-corrected chi connectivity index (χ4v) is 6.71. The van der Waals surface area contributed by atoms with Crippen molar-refractivity contribution in [2.75, 3.05) is 45.9 Å². The molecule has 0 aromatic heterocycles. The maximum Gasteiger partial charge on any atom is 0.410 e. The molecular weight excluding hydrogens is 438 g/mol. The molecule has 1 unspecified atom stereocenters. The van der Waals surface area contributed by atoms with E-state index in [-0.39, 0.29) is 6.09 Å². The molecule has 4 aliphatic rings. The minimum atomic E-state index is -0.428. The number of hydrogen-bond donors (Lipinski definition) is 0. The molecule has 1 aromatic carbocycles. The van der Waals surface area contributed by atoms with Gasteiger partial charge in [0.1, 0.15) is 5.60 Å². The Morgan fingerprint density at radius 3 is 2.31 bits per heavy atom. The van der Waals surface area contributed by atoms with Crippen molar-refractivity contribution in [1.82, 2.24) is 14.7 Å². The van der Waals surface area contributed by atoms with Crippen molar-refractivity contribution in [1.29, 1.82) is 0 Å². The lowest BCUT2D eigenvalue weighted by atomic mass is 9.59. The Hall–Kier alpha value is -1.63. The van der Waals surface area contributed by atoms with Gasteiger partial charge in [0.05, 0.1) is 19.3 Å². The van der Waals surface area contributed by atoms with Gasteiger partial charge in [0, 0.05) is 44.8 Å². The molecule has 3 heterocycles. The molecule has 0 radical (unpaired) electrons. The zero-order valence-corrected chi connectivity index (χ0v) is 22.5. The van der Waals surface area contributed by atoms with Crippen LogP contribution in [0.15, 0.2) is 24.3 Å². The molecule has 194 valence electrons. The van der Waals surface area contributed by atoms with Gasteiger partial charge in [0.2, 0.25) is 0 Å². The van der Waals surface area contributed by atoms with Crippen molar-refractivity contribution in [3.8, 4) is 0 Å². The van der Waals surface area contributed by atoms with Gasteiger partial charge in [-0.15, -0.1) is 0 Å². The van der Waals surface area contributed by atoms with Gasteiger partial charge in [-0.3, -0.25) is 9.80 Å². The summed E-state index contributed by atoms with van der Waals surface area (Å²) in [7, 11) is 0. The topological polar surface area (TPSA) is 45.2 Å². The number of rotatable bonds is 4. The van der Waals surface area contributed by atoms with Crippen LogP contribution in [-0.2, 0) is 9.47 Å². The number of piperidine rings is 1. The van der Waals surface area contributed by atoms with Crippen LogP contribution in [0.2, 0.25) is 0 Å². The quantitative estimate of drug-likeness (QED) is 0.600. The highest BCUT2D eigenvalue weighted by atomic mass is 16.6. The number of amides is 1. The lowest BCUT2D eigenvalue weighted by Gasteiger charge is -2.58. The monoisotopic (exact) mass is 483 g/mol. The molecular formula is C29H45N3O3. The van der Waals surface area contributed by atoms with Crippen LogP contribution >= 0.6 is 0 Å². The van der Waals surface area contributed by atoms with Crippen molar-refractivity contribution >= 4 is 6.09 Å². The Labute approximate surface area is 211 Å². The second kappa shape index (κ2) is 9.68. The lowest BCUT2D eigenvalue weighted by Crippen LogP contribution is -2.63. The van der Waals surface area contributed by atoms with E-state index in [2.05, 4.69) is 47.9 Å². The average Bonchev–Trinajstić information content (AvgIpc) is 2.75. The number of benzene rings is 1. The maximum atomic E-state index is 12.5. The molecule has 5 rings (SSSR count). The van der Waals surface area contributed by atoms with E-state index in [1.165, 1.54) is 24.0 Å². The van der Waals surface area contributed by atoms with Gasteiger partial charge in [-0.25, -0.2) is 4.79 Å². The first-order valence-corrected chi connectivity index (χ1v) is 13.8. The predicted octanol–water partition coefficient (Wildman–Crippen LogP) is 5.05. The number of likely N-dealkylation sites (tertiary alicyclic amines) is 1. The fraction of sp³-hybridized carbons (Fsp3) is 0.759. The number of nitrogens with zero attached hydrogens (tertiary/aromatic N) is 3. The van der Waals surface area contributed by atoms with E-state index in [1.54, 1.807) is 0 Å². The summed E-state index contributed by atoms with van der Waals surface area (Å²) >= 11 is 0. The van der Waals surface area contributed by atoms with Crippen LogP contribution in [-0.4, -0.2) is 84.4 Å². The molecule has 0 bridgehead atoms. The first-order chi connectivity index (χ1) is 16.6. The highest BCUT2D eigenvalue weighted by Gasteiger charge is 2.51. The Morgan fingerprint density at radius 1 is 1.03 bits per heavy atom. The minimum Gasteiger partial charge on any atom is -0.444 e. The summed E-state index contributed by atoms with van der Waals surface area (Å²) in [5.41, 5.74) is 3.00. The second-order valence-corrected chi connectivity index (χ2v) is 12.8. The van der Waals surface area contributed by atoms with Gasteiger partial charge < -0.3 is 14.4 Å². The third kappa shape index (κ3) is 5.26. The van der Waals surface area contributed by atoms with Crippen molar-refractivity contribution in [2.45, 2.75) is 89.9 Å². The van der Waals surface area contributed by atoms with Crippen molar-refractivity contribution in [3.05, 3.63) is 35.4 Å². The molecule has 3 aliphatic heterocycles. The molecule has 1 amide bonds. The van der Waals surface area contributed by atoms with Gasteiger partial charge in [-0.2, -0.15) is 0 Å². The Kier molecular flexibility index (Phi) is 6.92. The Bertz CT molecular complexity index is 891. The van der Waals surface area contributed by atoms with Crippen LogP contribution < -0.4 is 0 Å². The zero-order chi connectivity index (χ0) is 24.8. The molecule has 3 saturated heterocycles. The lowest BCUT2D eigenvalue weighted by molar-refractivity contribution is -0.114. The maximum absolute atomic E-state index is 12.5. The summed E-state index contributed by atoms with van der Waals surface area (Å²) in [5.74, 6) is 0.528. The van der Waals surface area contributed by atoms with Crippen LogP contribution in [0.4, 0.5) is 4.79 Å². The number of carbonyl (C=O) groups is 1. The van der Waals surface area contributed by atoms with E-state index in [1.807, 2.05) is 25.7 Å². The van der Waals surface area contributed by atoms with E-state index in [0.717, 1.165) is 58.8 Å². The number of piperazine rings is 1. The van der Waals surface area contributed by atoms with Crippen LogP contribution in [0.3, 0.4) is 0 Å². The van der Waals surface area contributed by atoms with Crippen LogP contribution in [0.1, 0.15) is 83.4 Å². The molecule has 0 N–H and O–H groups in total. The van der Waals surface area contributed by atoms with E-state index in [9.17, 15) is 4.79 Å². The highest BCUT2D eigenvalue weighted by Crippen LogP contribution is 2.53. The molecule has 1 atom stereocenters. The molecule has 4 fully saturated rings. The van der Waals surface area contributed by atoms with E-state index in [4.69, 9.17) is 9.47 Å². The molecule has 1 saturated carbocycles. The largest absolute Gasteiger partial charge is 0.444 e. The Balaban J connectivity index is 1.25. The normalized spacial score (nSPS) is 26.6. The van der Waals surface area contributed by atoms with Crippen molar-refractivity contribution < 1.29 is 14.3 Å². The summed E-state index contributed by atoms with van der Waals surface area (Å²) < 4.78 is 11.1. The fourth-order valence-electron chi connectivity index (χ4n) is 6.71. The van der Waals surface area contributed by atoms with Gasteiger partial charge >= 0.3 is 6.09 Å². The SMILES string of the molecule is CC(C)c1ccccc1C1CN(C2COC2)CCN1C1CC2(CCN(C(=O)OC(C)(C)C)CC2)C1. The van der Waals surface area contributed by atoms with Gasteiger partial charge in [-0.1, -0.05) is 38.1 Å². The molecule has 1 spiro atoms. The molecule has 6 heteroatoms. The van der Waals surface area contributed by atoms with Crippen molar-refractivity contribution in [2.24, 2.45) is 5.41 Å². The van der Waals surface area contributed by atoms with Crippen LogP contribution in [0.5, 0.6) is 0 Å². The summed E-state index contributed by atoms with van der Waals surface area (Å²) in [6.07, 6.45) is 4.60. The standard InChI is InChI=1S/C29H45N3O3/c1-21(2)24-8-6-7-9-25(24)26-18-31(23-19-34-20-23)14-15-32(26)22-16-29(17-22)10-12-30(13-11-29)27(33)35-28(3,4)5/h6-9,21-23,26H,10-20H2,1-5H3. The first-order valence-electron chi connectivity index (χ1n) is 13.8. The smallest absolute Gasteiger partial charge is 0.410 e. The average molecular weight is 484 g/mol. The van der Waals surface area contributed by atoms with Gasteiger partial charge in [0.25, 0.3) is 0 Å². The van der Waals surface area contributed by atoms with E-state index >= 15 is 0 Å². The minimum absolute atomic E-state index is 0.148. The van der Waals surface area contributed by atoms with Crippen molar-refractivity contribution in [3.63, 3.8) is 0 Å². The van der Waals surface area contributed by atoms with Crippen LogP contribution in [0.25, 0.3) is 0 Å². The Morgan fingerprint density at radius 2 is 1.71 bits per heavy atom. The third-order valence-electron chi connectivity index (χ3n) is 8.85. The molecule has 6 nitrogen and oxygen atoms in total. The second-order valence-electron chi connectivity index (χ2n) is 12.8. The van der Waals surface area contributed by atoms with Gasteiger partial charge in [-0.05, 0) is 68.9 Å². The summed E-state index contributed by atoms with van der Waals surface area (Å²) in [4.78, 5) is 20.0. The molecule has 1 aliphatic carbocycles. The van der Waals surface area contributed by atoms with Crippen LogP contribution in [0, 0.1) is 5.41 Å². The third-order valence-corrected chi connectivity index (χ3v) is 8.85. The molecule has 35 heavy (non-hydrogen) atoms. The summed E-state index contributed by atoms with van der Waals surface area (Å²) in [5, 5.41) is 0. The first kappa shape index (κ1) is 25.0. The highest BCUT2D eigenvalue weighted by molar-refractivity contribution is 5.68. The number of hydrogen-bond acceptors (Lipinski definition) is 5. The number of carbonyl (C=O) groups excluding carboxylic acids is 1. The summed E-state index contributed by atoms with van der Waals surface area (Å²) in [6.45, 7) is 17.3. The van der Waals surface area contributed by atoms with Gasteiger partial charge in [0.15, 0.2) is 0 Å². The summed E-state index contributed by atoms with van der Waals surface area (Å²) in [6, 6.07) is 10.8. The zero-order valence-electron chi connectivity index (χ0n) is 22.5. The molecule has 1 aromatic rings.